The molecular formula is C24H25ClN6O3S. The number of pyridine rings is 1. The molecule has 0 atom stereocenters. The monoisotopic (exact) mass is 512 g/mol. The number of methoxy groups -OCH3 is 1. The number of anilines is 1. The minimum atomic E-state index is -0.830. The van der Waals surface area contributed by atoms with Crippen LogP contribution in [0.4, 0.5) is 5.82 Å². The molecule has 0 amide bonds. The highest BCUT2D eigenvalue weighted by Crippen LogP contribution is 2.27. The van der Waals surface area contributed by atoms with Crippen LogP contribution in [0.25, 0.3) is 11.3 Å². The first kappa shape index (κ1) is 24.8. The highest BCUT2D eigenvalue weighted by molar-refractivity contribution is 7.16. The topological polar surface area (TPSA) is 104 Å². The number of nitrogens with zero attached hydrogens (tertiary/aromatic N) is 5. The zero-order valence-electron chi connectivity index (χ0n) is 19.6. The molecule has 4 rings (SSSR count). The second-order valence-corrected chi connectivity index (χ2v) is 10.4. The minimum absolute atomic E-state index is 0.219. The van der Waals surface area contributed by atoms with E-state index < -0.39 is 5.41 Å². The Morgan fingerprint density at radius 1 is 1.23 bits per heavy atom. The van der Waals surface area contributed by atoms with Gasteiger partial charge in [-0.25, -0.2) is 0 Å². The van der Waals surface area contributed by atoms with Crippen LogP contribution in [0.15, 0.2) is 59.7 Å². The quantitative estimate of drug-likeness (QED) is 0.358. The molecule has 0 aromatic carbocycles. The van der Waals surface area contributed by atoms with E-state index in [4.69, 9.17) is 16.3 Å². The molecule has 0 aliphatic carbocycles. The third-order valence-electron chi connectivity index (χ3n) is 5.31. The van der Waals surface area contributed by atoms with E-state index in [9.17, 15) is 9.59 Å². The number of halogens is 1. The Labute approximate surface area is 211 Å². The van der Waals surface area contributed by atoms with Gasteiger partial charge in [-0.1, -0.05) is 11.6 Å². The number of hydrogen-bond acceptors (Lipinski definition) is 8. The zero-order valence-corrected chi connectivity index (χ0v) is 21.1. The molecule has 4 heterocycles. The number of thiophene rings is 1. The van der Waals surface area contributed by atoms with E-state index in [2.05, 4.69) is 20.6 Å². The van der Waals surface area contributed by atoms with E-state index in [1.807, 2.05) is 12.1 Å². The highest BCUT2D eigenvalue weighted by Gasteiger charge is 2.32. The number of ether oxygens (including phenoxy) is 1. The van der Waals surface area contributed by atoms with Crippen LogP contribution in [0.3, 0.4) is 0 Å². The van der Waals surface area contributed by atoms with Gasteiger partial charge in [0.2, 0.25) is 0 Å². The summed E-state index contributed by atoms with van der Waals surface area (Å²) in [6, 6.07) is 12.5. The summed E-state index contributed by atoms with van der Waals surface area (Å²) in [5.74, 6) is 0.218. The number of rotatable bonds is 9. The summed E-state index contributed by atoms with van der Waals surface area (Å²) >= 11 is 7.50. The number of aromatic nitrogens is 5. The van der Waals surface area contributed by atoms with Gasteiger partial charge in [-0.05, 0) is 50.2 Å². The molecule has 0 radical (unpaired) electrons. The van der Waals surface area contributed by atoms with Gasteiger partial charge in [-0.2, -0.15) is 20.0 Å². The first-order valence-corrected chi connectivity index (χ1v) is 12.1. The Morgan fingerprint density at radius 3 is 2.74 bits per heavy atom. The van der Waals surface area contributed by atoms with Crippen molar-refractivity contribution in [3.63, 3.8) is 0 Å². The zero-order chi connectivity index (χ0) is 25.0. The molecule has 0 saturated carbocycles. The maximum Gasteiger partial charge on any atom is 0.260 e. The molecule has 4 aromatic rings. The van der Waals surface area contributed by atoms with Gasteiger partial charge in [0.1, 0.15) is 11.5 Å². The fourth-order valence-corrected chi connectivity index (χ4v) is 4.60. The number of carbonyl (C=O) groups excluding carboxylic acids is 1. The number of carbonyl (C=O) groups is 1. The summed E-state index contributed by atoms with van der Waals surface area (Å²) in [6.07, 6.45) is 3.26. The number of hydrogen-bond donors (Lipinski definition) is 1. The average Bonchev–Trinajstić information content (AvgIpc) is 3.45. The van der Waals surface area contributed by atoms with E-state index in [0.29, 0.717) is 33.7 Å². The lowest BCUT2D eigenvalue weighted by atomic mass is 9.94. The van der Waals surface area contributed by atoms with E-state index >= 15 is 0 Å². The van der Waals surface area contributed by atoms with Crippen molar-refractivity contribution in [2.75, 3.05) is 19.0 Å². The van der Waals surface area contributed by atoms with E-state index in [-0.39, 0.29) is 24.6 Å². The Morgan fingerprint density at radius 2 is 2.06 bits per heavy atom. The van der Waals surface area contributed by atoms with Crippen LogP contribution in [-0.4, -0.2) is 44.2 Å². The molecule has 182 valence electrons. The summed E-state index contributed by atoms with van der Waals surface area (Å²) in [6.45, 7) is 4.52. The molecule has 0 saturated heterocycles. The molecule has 0 fully saturated rings. The summed E-state index contributed by atoms with van der Waals surface area (Å²) in [5, 5.41) is 15.7. The van der Waals surface area contributed by atoms with Gasteiger partial charge < -0.3 is 14.6 Å². The molecule has 0 aliphatic rings. The van der Waals surface area contributed by atoms with Crippen LogP contribution < -0.4 is 10.9 Å². The van der Waals surface area contributed by atoms with Gasteiger partial charge in [-0.3, -0.25) is 9.59 Å². The third-order valence-corrected chi connectivity index (χ3v) is 6.55. The summed E-state index contributed by atoms with van der Waals surface area (Å²) in [5.41, 5.74) is 0.337. The Bertz CT molecular complexity index is 1380. The Balaban J connectivity index is 1.71. The highest BCUT2D eigenvalue weighted by atomic mass is 35.5. The fourth-order valence-electron chi connectivity index (χ4n) is 3.58. The first-order valence-electron chi connectivity index (χ1n) is 10.9. The maximum atomic E-state index is 13.4. The Hall–Kier alpha value is -3.34. The normalized spacial score (nSPS) is 11.5. The molecule has 0 unspecified atom stereocenters. The van der Waals surface area contributed by atoms with Crippen molar-refractivity contribution in [3.8, 4) is 11.3 Å². The largest absolute Gasteiger partial charge is 0.384 e. The van der Waals surface area contributed by atoms with Gasteiger partial charge >= 0.3 is 0 Å². The lowest BCUT2D eigenvalue weighted by Crippen LogP contribution is -2.35. The number of nitrogens with one attached hydrogen (secondary N) is 1. The van der Waals surface area contributed by atoms with Crippen molar-refractivity contribution in [3.05, 3.63) is 80.1 Å². The van der Waals surface area contributed by atoms with Gasteiger partial charge in [0.15, 0.2) is 0 Å². The molecule has 0 spiro atoms. The molecule has 0 bridgehead atoms. The third kappa shape index (κ3) is 5.67. The van der Waals surface area contributed by atoms with Crippen LogP contribution in [0.5, 0.6) is 0 Å². The van der Waals surface area contributed by atoms with Gasteiger partial charge in [-0.15, -0.1) is 11.3 Å². The van der Waals surface area contributed by atoms with E-state index in [0.717, 1.165) is 4.88 Å². The van der Waals surface area contributed by atoms with Crippen LogP contribution in [0, 0.1) is 5.41 Å². The van der Waals surface area contributed by atoms with Crippen molar-refractivity contribution >= 4 is 34.7 Å². The lowest BCUT2D eigenvalue weighted by molar-refractivity contribution is 0.0529. The second-order valence-electron chi connectivity index (χ2n) is 8.58. The smallest absolute Gasteiger partial charge is 0.260 e. The minimum Gasteiger partial charge on any atom is -0.384 e. The van der Waals surface area contributed by atoms with Gasteiger partial charge in [0.25, 0.3) is 11.5 Å². The molecule has 0 aliphatic heterocycles. The molecule has 35 heavy (non-hydrogen) atoms. The Kier molecular flexibility index (Phi) is 7.44. The summed E-state index contributed by atoms with van der Waals surface area (Å²) < 4.78 is 8.77. The van der Waals surface area contributed by atoms with Gasteiger partial charge in [0, 0.05) is 30.4 Å². The van der Waals surface area contributed by atoms with Crippen molar-refractivity contribution < 1.29 is 9.53 Å². The van der Waals surface area contributed by atoms with Crippen LogP contribution >= 0.6 is 22.9 Å². The standard InChI is InChI=1S/C24H25ClN6O3S/c1-24(2,15-34-3)23(33)31-21(26-13-17-8-9-20(25)35-17)12-19(29-31)18-7-5-11-30(22(18)32)14-16-6-4-10-27-28-16/h4-12,26H,13-15H2,1-3H3. The molecule has 1 N–H and O–H groups in total. The molecule has 4 aromatic heterocycles. The van der Waals surface area contributed by atoms with Gasteiger partial charge in [0.05, 0.1) is 40.7 Å². The van der Waals surface area contributed by atoms with Crippen molar-refractivity contribution in [1.82, 2.24) is 24.5 Å². The average molecular weight is 513 g/mol. The molecule has 9 nitrogen and oxygen atoms in total. The van der Waals surface area contributed by atoms with Crippen molar-refractivity contribution in [1.29, 1.82) is 0 Å². The lowest BCUT2D eigenvalue weighted by Gasteiger charge is -2.22. The predicted octanol–water partition coefficient (Wildman–Crippen LogP) is 4.19. The van der Waals surface area contributed by atoms with E-state index in [1.165, 1.54) is 20.6 Å². The van der Waals surface area contributed by atoms with E-state index in [1.54, 1.807) is 63.7 Å². The van der Waals surface area contributed by atoms with Crippen LogP contribution in [0.2, 0.25) is 4.34 Å². The van der Waals surface area contributed by atoms with Crippen molar-refractivity contribution in [2.45, 2.75) is 26.9 Å². The first-order chi connectivity index (χ1) is 16.8. The van der Waals surface area contributed by atoms with Crippen LogP contribution in [0.1, 0.15) is 29.2 Å². The maximum absolute atomic E-state index is 13.4. The van der Waals surface area contributed by atoms with Crippen molar-refractivity contribution in [2.24, 2.45) is 5.41 Å². The second kappa shape index (κ2) is 10.5. The summed E-state index contributed by atoms with van der Waals surface area (Å²) in [7, 11) is 1.55. The predicted molar refractivity (Wildman–Crippen MR) is 136 cm³/mol. The fraction of sp³-hybridized carbons (Fsp3) is 0.292. The molecule has 11 heteroatoms. The summed E-state index contributed by atoms with van der Waals surface area (Å²) in [4.78, 5) is 27.7. The van der Waals surface area contributed by atoms with Crippen LogP contribution in [-0.2, 0) is 17.8 Å². The molecular weight excluding hydrogens is 488 g/mol. The SMILES string of the molecule is COCC(C)(C)C(=O)n1nc(-c2cccn(Cc3cccnn3)c2=O)cc1NCc1ccc(Cl)s1.